The molecular formula is C21H21ClN4OS. The highest BCUT2D eigenvalue weighted by atomic mass is 35.5. The van der Waals surface area contributed by atoms with E-state index in [4.69, 9.17) is 11.6 Å². The molecule has 2 aromatic carbocycles. The van der Waals surface area contributed by atoms with Gasteiger partial charge in [0.1, 0.15) is 0 Å². The monoisotopic (exact) mass is 412 g/mol. The van der Waals surface area contributed by atoms with Crippen molar-refractivity contribution < 1.29 is 4.79 Å². The summed E-state index contributed by atoms with van der Waals surface area (Å²) < 4.78 is 2.00. The minimum Gasteiger partial charge on any atom is -0.353 e. The Hall–Kier alpha value is -2.31. The van der Waals surface area contributed by atoms with Crippen molar-refractivity contribution in [1.82, 2.24) is 20.1 Å². The molecule has 0 unspecified atom stereocenters. The minimum absolute atomic E-state index is 0.0299. The molecule has 0 radical (unpaired) electrons. The highest BCUT2D eigenvalue weighted by molar-refractivity contribution is 7.99. The van der Waals surface area contributed by atoms with Gasteiger partial charge in [0.05, 0.1) is 16.5 Å². The van der Waals surface area contributed by atoms with Crippen molar-refractivity contribution in [2.75, 3.05) is 5.75 Å². The van der Waals surface area contributed by atoms with E-state index in [2.05, 4.69) is 47.6 Å². The number of nitrogens with one attached hydrogen (secondary N) is 1. The Morgan fingerprint density at radius 2 is 2.00 bits per heavy atom. The van der Waals surface area contributed by atoms with Crippen LogP contribution in [0.25, 0.3) is 17.1 Å². The highest BCUT2D eigenvalue weighted by Gasteiger charge is 2.24. The first-order chi connectivity index (χ1) is 13.5. The Bertz CT molecular complexity index is 1030. The number of carbonyl (C=O) groups excluding carboxylic acids is 1. The van der Waals surface area contributed by atoms with Crippen molar-refractivity contribution in [2.24, 2.45) is 0 Å². The largest absolute Gasteiger partial charge is 0.353 e. The number of rotatable bonds is 6. The zero-order valence-corrected chi connectivity index (χ0v) is 17.3. The van der Waals surface area contributed by atoms with Crippen LogP contribution >= 0.6 is 23.4 Å². The van der Waals surface area contributed by atoms with Crippen LogP contribution in [-0.4, -0.2) is 32.5 Å². The Morgan fingerprint density at radius 1 is 1.21 bits per heavy atom. The van der Waals surface area contributed by atoms with Crippen molar-refractivity contribution in [3.63, 3.8) is 0 Å². The number of halogens is 1. The number of thioether (sulfide) groups is 1. The predicted octanol–water partition coefficient (Wildman–Crippen LogP) is 4.58. The van der Waals surface area contributed by atoms with Crippen LogP contribution in [0.4, 0.5) is 0 Å². The number of carbonyl (C=O) groups is 1. The van der Waals surface area contributed by atoms with E-state index >= 15 is 0 Å². The quantitative estimate of drug-likeness (QED) is 0.602. The number of hydrogen-bond donors (Lipinski definition) is 1. The second-order valence-corrected chi connectivity index (χ2v) is 8.39. The van der Waals surface area contributed by atoms with Gasteiger partial charge >= 0.3 is 0 Å². The molecule has 1 N–H and O–H groups in total. The molecule has 1 fully saturated rings. The van der Waals surface area contributed by atoms with Crippen LogP contribution in [0.1, 0.15) is 24.0 Å². The fraction of sp³-hybridized carbons (Fsp3) is 0.286. The van der Waals surface area contributed by atoms with Gasteiger partial charge in [-0.25, -0.2) is 0 Å². The summed E-state index contributed by atoms with van der Waals surface area (Å²) in [5.74, 6) is 1.01. The van der Waals surface area contributed by atoms with Crippen molar-refractivity contribution >= 4 is 29.3 Å². The van der Waals surface area contributed by atoms with Crippen molar-refractivity contribution in [3.8, 4) is 17.1 Å². The third-order valence-electron chi connectivity index (χ3n) is 4.63. The fourth-order valence-corrected chi connectivity index (χ4v) is 3.96. The zero-order valence-electron chi connectivity index (χ0n) is 15.8. The van der Waals surface area contributed by atoms with E-state index in [0.29, 0.717) is 27.8 Å². The van der Waals surface area contributed by atoms with Crippen LogP contribution < -0.4 is 5.32 Å². The lowest BCUT2D eigenvalue weighted by Gasteiger charge is -2.14. The Balaban J connectivity index is 1.75. The molecule has 0 spiro atoms. The van der Waals surface area contributed by atoms with Gasteiger partial charge in [-0.15, -0.1) is 10.2 Å². The Kier molecular flexibility index (Phi) is 5.42. The van der Waals surface area contributed by atoms with E-state index in [-0.39, 0.29) is 5.91 Å². The van der Waals surface area contributed by atoms with Crippen molar-refractivity contribution in [2.45, 2.75) is 37.9 Å². The van der Waals surface area contributed by atoms with E-state index in [9.17, 15) is 4.79 Å². The lowest BCUT2D eigenvalue weighted by Crippen LogP contribution is -2.27. The summed E-state index contributed by atoms with van der Waals surface area (Å²) in [5, 5.41) is 13.1. The predicted molar refractivity (Wildman–Crippen MR) is 113 cm³/mol. The van der Waals surface area contributed by atoms with Gasteiger partial charge < -0.3 is 5.32 Å². The molecule has 0 saturated heterocycles. The standard InChI is InChI=1S/C21H21ClN4OS/c1-13-7-8-14(2)18(11-13)26-20(16-5-3-4-6-17(16)22)24-25-21(26)28-12-19(27)23-15-9-10-15/h3-8,11,15H,9-10,12H2,1-2H3,(H,23,27). The lowest BCUT2D eigenvalue weighted by molar-refractivity contribution is -0.118. The first-order valence-electron chi connectivity index (χ1n) is 9.23. The number of amides is 1. The molecule has 1 amide bonds. The van der Waals surface area contributed by atoms with Gasteiger partial charge in [-0.3, -0.25) is 9.36 Å². The molecule has 1 aliphatic carbocycles. The summed E-state index contributed by atoms with van der Waals surface area (Å²) in [6, 6.07) is 14.2. The lowest BCUT2D eigenvalue weighted by atomic mass is 10.1. The van der Waals surface area contributed by atoms with Gasteiger partial charge in [-0.05, 0) is 56.0 Å². The van der Waals surface area contributed by atoms with Gasteiger partial charge in [0, 0.05) is 11.6 Å². The maximum absolute atomic E-state index is 12.2. The van der Waals surface area contributed by atoms with Gasteiger partial charge in [-0.2, -0.15) is 0 Å². The van der Waals surface area contributed by atoms with E-state index in [1.54, 1.807) is 0 Å². The summed E-state index contributed by atoms with van der Waals surface area (Å²) in [6.07, 6.45) is 2.15. The third kappa shape index (κ3) is 4.08. The van der Waals surface area contributed by atoms with E-state index in [0.717, 1.165) is 35.2 Å². The van der Waals surface area contributed by atoms with Crippen LogP contribution in [0, 0.1) is 13.8 Å². The summed E-state index contributed by atoms with van der Waals surface area (Å²) >= 11 is 7.83. The van der Waals surface area contributed by atoms with Gasteiger partial charge in [0.25, 0.3) is 0 Å². The number of aryl methyl sites for hydroxylation is 2. The second kappa shape index (κ2) is 7.97. The van der Waals surface area contributed by atoms with Crippen LogP contribution in [0.2, 0.25) is 5.02 Å². The molecule has 1 aliphatic rings. The molecule has 0 bridgehead atoms. The molecule has 1 heterocycles. The maximum Gasteiger partial charge on any atom is 0.230 e. The average molecular weight is 413 g/mol. The van der Waals surface area contributed by atoms with Gasteiger partial charge in [0.2, 0.25) is 5.91 Å². The van der Waals surface area contributed by atoms with E-state index in [1.807, 2.05) is 28.8 Å². The maximum atomic E-state index is 12.2. The Labute approximate surface area is 173 Å². The summed E-state index contributed by atoms with van der Waals surface area (Å²) in [4.78, 5) is 12.2. The second-order valence-electron chi connectivity index (χ2n) is 7.04. The van der Waals surface area contributed by atoms with Crippen LogP contribution in [0.3, 0.4) is 0 Å². The fourth-order valence-electron chi connectivity index (χ4n) is 2.99. The van der Waals surface area contributed by atoms with E-state index < -0.39 is 0 Å². The van der Waals surface area contributed by atoms with Crippen molar-refractivity contribution in [1.29, 1.82) is 0 Å². The summed E-state index contributed by atoms with van der Waals surface area (Å²) in [5.41, 5.74) is 4.04. The molecule has 3 aromatic rings. The summed E-state index contributed by atoms with van der Waals surface area (Å²) in [7, 11) is 0. The number of benzene rings is 2. The van der Waals surface area contributed by atoms with Crippen LogP contribution in [0.5, 0.6) is 0 Å². The molecule has 5 nitrogen and oxygen atoms in total. The smallest absolute Gasteiger partial charge is 0.230 e. The normalized spacial score (nSPS) is 13.5. The van der Waals surface area contributed by atoms with Crippen LogP contribution in [-0.2, 0) is 4.79 Å². The molecule has 144 valence electrons. The minimum atomic E-state index is 0.0299. The topological polar surface area (TPSA) is 59.8 Å². The third-order valence-corrected chi connectivity index (χ3v) is 5.89. The average Bonchev–Trinajstić information content (AvgIpc) is 3.39. The number of hydrogen-bond acceptors (Lipinski definition) is 4. The summed E-state index contributed by atoms with van der Waals surface area (Å²) in [6.45, 7) is 4.11. The van der Waals surface area contributed by atoms with E-state index in [1.165, 1.54) is 11.8 Å². The zero-order chi connectivity index (χ0) is 19.7. The highest BCUT2D eigenvalue weighted by Crippen LogP contribution is 2.33. The number of aromatic nitrogens is 3. The van der Waals surface area contributed by atoms with Gasteiger partial charge in [-0.1, -0.05) is 47.6 Å². The van der Waals surface area contributed by atoms with Crippen molar-refractivity contribution in [3.05, 3.63) is 58.6 Å². The molecule has 7 heteroatoms. The Morgan fingerprint density at radius 3 is 2.75 bits per heavy atom. The molecule has 28 heavy (non-hydrogen) atoms. The van der Waals surface area contributed by atoms with Crippen LogP contribution in [0.15, 0.2) is 47.6 Å². The molecule has 0 atom stereocenters. The molecule has 1 aromatic heterocycles. The number of nitrogens with zero attached hydrogens (tertiary/aromatic N) is 3. The molecular weight excluding hydrogens is 392 g/mol. The first kappa shape index (κ1) is 19.0. The first-order valence-corrected chi connectivity index (χ1v) is 10.6. The molecule has 4 rings (SSSR count). The van der Waals surface area contributed by atoms with Gasteiger partial charge in [0.15, 0.2) is 11.0 Å². The SMILES string of the molecule is Cc1ccc(C)c(-n2c(SCC(=O)NC3CC3)nnc2-c2ccccc2Cl)c1. The molecule has 0 aliphatic heterocycles. The molecule has 1 saturated carbocycles.